The van der Waals surface area contributed by atoms with Gasteiger partial charge in [-0.15, -0.1) is 0 Å². The fourth-order valence-corrected chi connectivity index (χ4v) is 49.1. The van der Waals surface area contributed by atoms with Crippen LogP contribution in [0.1, 0.15) is 39.1 Å². The molecule has 228 valence electrons. The van der Waals surface area contributed by atoms with Crippen molar-refractivity contribution < 1.29 is 0 Å². The summed E-state index contributed by atoms with van der Waals surface area (Å²) in [7, 11) is -8.84. The van der Waals surface area contributed by atoms with Crippen LogP contribution in [-0.2, 0) is 0 Å². The summed E-state index contributed by atoms with van der Waals surface area (Å²) >= 11 is 2.25. The first-order valence-corrected chi connectivity index (χ1v) is 38.5. The predicted molar refractivity (Wildman–Crippen MR) is 211 cm³/mol. The molecular weight excluding hydrogens is 596 g/mol. The molecule has 0 radical (unpaired) electrons. The Balaban J connectivity index is 3.29. The molecule has 0 unspecified atom stereocenters. The fraction of sp³-hybridized carbons (Fsp3) is 0.750. The highest BCUT2D eigenvalue weighted by molar-refractivity contribution is 8.27. The first-order chi connectivity index (χ1) is 17.6. The van der Waals surface area contributed by atoms with E-state index in [1.807, 2.05) is 16.6 Å². The van der Waals surface area contributed by atoms with Crippen LogP contribution in [0.4, 0.5) is 0 Å². The molecule has 0 amide bonds. The summed E-state index contributed by atoms with van der Waals surface area (Å²) in [6.07, 6.45) is 3.74. The number of hydrogen-bond acceptors (Lipinski definition) is 1. The number of hydrogen-bond donors (Lipinski definition) is 0. The van der Waals surface area contributed by atoms with Crippen LogP contribution in [0.3, 0.4) is 0 Å². The molecule has 0 bridgehead atoms. The van der Waals surface area contributed by atoms with E-state index in [2.05, 4.69) is 155 Å². The summed E-state index contributed by atoms with van der Waals surface area (Å²) in [4.78, 5) is 0. The molecule has 1 aliphatic rings. The minimum absolute atomic E-state index is 0.617. The van der Waals surface area contributed by atoms with Crippen molar-refractivity contribution in [3.63, 3.8) is 0 Å². The van der Waals surface area contributed by atoms with Gasteiger partial charge in [0.15, 0.2) is 0 Å². The SMILES string of the molecule is CC1=CCSB(c2c(C([Si](C)(C)C)[Si](C)(C)C)cc(C([Si](C)(C)C)[Si](C)(C)C)cc2C([Si](C)(C)C)[Si](C)(C)C)C1. The third kappa shape index (κ3) is 8.87. The van der Waals surface area contributed by atoms with E-state index < -0.39 is 48.4 Å². The molecule has 0 spiro atoms. The van der Waals surface area contributed by atoms with Gasteiger partial charge in [-0.05, 0) is 34.3 Å². The van der Waals surface area contributed by atoms with Gasteiger partial charge in [-0.1, -0.05) is 158 Å². The van der Waals surface area contributed by atoms with Crippen molar-refractivity contribution in [1.29, 1.82) is 0 Å². The van der Waals surface area contributed by atoms with Gasteiger partial charge in [-0.2, -0.15) is 11.6 Å². The number of allylic oxidation sites excluding steroid dienone is 1. The van der Waals surface area contributed by atoms with E-state index in [9.17, 15) is 0 Å². The first-order valence-electron chi connectivity index (χ1n) is 16.0. The Kier molecular flexibility index (Phi) is 11.3. The molecule has 1 aliphatic heterocycles. The van der Waals surface area contributed by atoms with Crippen LogP contribution >= 0.6 is 11.6 Å². The maximum atomic E-state index is 2.89. The van der Waals surface area contributed by atoms with E-state index in [1.165, 1.54) is 12.1 Å². The van der Waals surface area contributed by atoms with Crippen LogP contribution < -0.4 is 5.46 Å². The summed E-state index contributed by atoms with van der Waals surface area (Å²) in [6, 6.07) is 5.78. The fourth-order valence-electron chi connectivity index (χ4n) is 9.43. The minimum atomic E-state index is -1.49. The van der Waals surface area contributed by atoms with E-state index in [0.29, 0.717) is 5.99 Å². The van der Waals surface area contributed by atoms with Gasteiger partial charge in [0.05, 0.1) is 0 Å². The Bertz CT molecular complexity index is 977. The highest BCUT2D eigenvalue weighted by atomic mass is 32.2. The molecule has 2 rings (SSSR count). The Morgan fingerprint density at radius 1 is 0.550 bits per heavy atom. The third-order valence-corrected chi connectivity index (χ3v) is 38.0. The summed E-state index contributed by atoms with van der Waals surface area (Å²) < 4.78 is 0. The van der Waals surface area contributed by atoms with Crippen molar-refractivity contribution in [3.05, 3.63) is 40.5 Å². The van der Waals surface area contributed by atoms with Crippen LogP contribution in [0.5, 0.6) is 0 Å². The highest BCUT2D eigenvalue weighted by Crippen LogP contribution is 2.45. The summed E-state index contributed by atoms with van der Waals surface area (Å²) in [5.74, 6) is 1.80. The Hall–Kier alpha value is 0.676. The van der Waals surface area contributed by atoms with Crippen molar-refractivity contribution in [2.45, 2.75) is 147 Å². The molecular formula is C32H67BSSi6. The molecule has 40 heavy (non-hydrogen) atoms. The monoisotopic (exact) mass is 662 g/mol. The molecule has 0 nitrogen and oxygen atoms in total. The second-order valence-electron chi connectivity index (χ2n) is 19.7. The van der Waals surface area contributed by atoms with Crippen LogP contribution in [0.25, 0.3) is 0 Å². The molecule has 0 fully saturated rings. The molecule has 0 N–H and O–H groups in total. The van der Waals surface area contributed by atoms with E-state index in [-0.39, 0.29) is 0 Å². The van der Waals surface area contributed by atoms with Crippen molar-refractivity contribution in [2.24, 2.45) is 0 Å². The number of rotatable bonds is 10. The van der Waals surface area contributed by atoms with Gasteiger partial charge in [-0.3, -0.25) is 0 Å². The largest absolute Gasteiger partial charge is 0.246 e. The van der Waals surface area contributed by atoms with Gasteiger partial charge < -0.3 is 0 Å². The number of benzene rings is 1. The smallest absolute Gasteiger partial charge is 0.199 e. The normalized spacial score (nSPS) is 16.9. The van der Waals surface area contributed by atoms with Gasteiger partial charge in [-0.25, -0.2) is 0 Å². The zero-order valence-corrected chi connectivity index (χ0v) is 37.2. The summed E-state index contributed by atoms with van der Waals surface area (Å²) in [6.45, 7) is 50.6. The maximum absolute atomic E-state index is 2.89. The van der Waals surface area contributed by atoms with E-state index >= 15 is 0 Å². The lowest BCUT2D eigenvalue weighted by molar-refractivity contribution is 1.10. The Morgan fingerprint density at radius 2 is 0.875 bits per heavy atom. The minimum Gasteiger partial charge on any atom is -0.199 e. The first kappa shape index (κ1) is 36.9. The zero-order valence-electron chi connectivity index (χ0n) is 30.4. The Morgan fingerprint density at radius 3 is 1.15 bits per heavy atom. The molecule has 0 aliphatic carbocycles. The van der Waals surface area contributed by atoms with Crippen LogP contribution in [0.15, 0.2) is 23.8 Å². The van der Waals surface area contributed by atoms with Crippen molar-refractivity contribution in [2.75, 3.05) is 5.75 Å². The quantitative estimate of drug-likeness (QED) is 0.177. The molecule has 8 heteroatoms. The maximum Gasteiger partial charge on any atom is 0.246 e. The van der Waals surface area contributed by atoms with Crippen LogP contribution in [0, 0.1) is 0 Å². The molecule has 0 aromatic heterocycles. The molecule has 0 atom stereocenters. The average Bonchev–Trinajstić information content (AvgIpc) is 2.60. The van der Waals surface area contributed by atoms with Gasteiger partial charge in [0.25, 0.3) is 0 Å². The molecule has 1 aromatic carbocycles. The second kappa shape index (κ2) is 12.2. The standard InChI is InChI=1S/C32H67BSSi6/c1-25-20-21-34-33(24-25)29-27(31(37(8,9)10)38(11,12)13)22-26(30(35(2,3)4)36(5,6)7)23-28(29)32(39(14,15)16)40(17,18)19/h20,22-23,30-32H,21,24H2,1-19H3. The predicted octanol–water partition coefficient (Wildman–Crippen LogP) is 11.1. The highest BCUT2D eigenvalue weighted by Gasteiger charge is 2.47. The molecule has 1 heterocycles. The Labute approximate surface area is 262 Å². The summed E-state index contributed by atoms with van der Waals surface area (Å²) in [5.41, 5.74) is 8.92. The topological polar surface area (TPSA) is 0 Å². The van der Waals surface area contributed by atoms with Gasteiger partial charge in [0.1, 0.15) is 0 Å². The molecule has 1 aromatic rings. The van der Waals surface area contributed by atoms with Gasteiger partial charge in [0, 0.05) is 54.2 Å². The van der Waals surface area contributed by atoms with E-state index in [1.54, 1.807) is 11.1 Å². The van der Waals surface area contributed by atoms with Crippen molar-refractivity contribution in [3.8, 4) is 0 Å². The lowest BCUT2D eigenvalue weighted by Crippen LogP contribution is -2.54. The van der Waals surface area contributed by atoms with Gasteiger partial charge >= 0.3 is 0 Å². The summed E-state index contributed by atoms with van der Waals surface area (Å²) in [5, 5.41) is 2.36. The molecule has 0 saturated heterocycles. The zero-order chi connectivity index (χ0) is 31.4. The van der Waals surface area contributed by atoms with Crippen molar-refractivity contribution >= 4 is 71.5 Å². The van der Waals surface area contributed by atoms with Crippen LogP contribution in [-0.4, -0.2) is 60.2 Å². The van der Waals surface area contributed by atoms with Crippen LogP contribution in [0.2, 0.25) is 124 Å². The molecule has 0 saturated carbocycles. The van der Waals surface area contributed by atoms with E-state index in [4.69, 9.17) is 0 Å². The second-order valence-corrected chi connectivity index (χ2v) is 54.5. The van der Waals surface area contributed by atoms with E-state index in [0.717, 1.165) is 15.5 Å². The lowest BCUT2D eigenvalue weighted by atomic mass is 9.59. The third-order valence-electron chi connectivity index (χ3n) is 8.98. The average molecular weight is 663 g/mol. The van der Waals surface area contributed by atoms with Crippen molar-refractivity contribution in [1.82, 2.24) is 0 Å². The van der Waals surface area contributed by atoms with Gasteiger partial charge in [0.2, 0.25) is 5.99 Å². The lowest BCUT2D eigenvalue weighted by Gasteiger charge is -2.46.